The summed E-state index contributed by atoms with van der Waals surface area (Å²) in [4.78, 5) is 27.9. The largest absolute Gasteiger partial charge is 0.376 e. The molecule has 0 aromatic heterocycles. The van der Waals surface area contributed by atoms with E-state index in [4.69, 9.17) is 4.74 Å². The zero-order valence-corrected chi connectivity index (χ0v) is 12.6. The van der Waals surface area contributed by atoms with Gasteiger partial charge in [0, 0.05) is 45.2 Å². The fourth-order valence-corrected chi connectivity index (χ4v) is 3.57. The van der Waals surface area contributed by atoms with E-state index in [9.17, 15) is 9.59 Å². The smallest absolute Gasteiger partial charge is 0.317 e. The van der Waals surface area contributed by atoms with Crippen LogP contribution in [-0.4, -0.2) is 66.7 Å². The minimum absolute atomic E-state index is 0.0122. The number of ether oxygens (including phenoxy) is 1. The Kier molecular flexibility index (Phi) is 4.63. The molecule has 3 aliphatic rings. The maximum atomic E-state index is 12.3. The predicted octanol–water partition coefficient (Wildman–Crippen LogP) is 0.962. The molecule has 1 N–H and O–H groups in total. The lowest BCUT2D eigenvalue weighted by Gasteiger charge is -2.37. The zero-order valence-electron chi connectivity index (χ0n) is 12.6. The highest BCUT2D eigenvalue weighted by molar-refractivity contribution is 5.79. The number of carbonyl (C=O) groups excluding carboxylic acids is 2. The normalized spacial score (nSPS) is 30.0. The molecule has 6 nitrogen and oxygen atoms in total. The summed E-state index contributed by atoms with van der Waals surface area (Å²) in [6.07, 6.45) is 5.91. The first kappa shape index (κ1) is 14.6. The fourth-order valence-electron chi connectivity index (χ4n) is 3.57. The van der Waals surface area contributed by atoms with Gasteiger partial charge >= 0.3 is 6.03 Å². The number of hydrogen-bond acceptors (Lipinski definition) is 3. The van der Waals surface area contributed by atoms with Gasteiger partial charge < -0.3 is 19.9 Å². The molecule has 21 heavy (non-hydrogen) atoms. The second-order valence-corrected chi connectivity index (χ2v) is 6.25. The molecule has 6 heteroatoms. The third-order valence-electron chi connectivity index (χ3n) is 4.74. The number of urea groups is 1. The highest BCUT2D eigenvalue weighted by Gasteiger charge is 2.32. The monoisotopic (exact) mass is 295 g/mol. The first-order valence-electron chi connectivity index (χ1n) is 8.18. The molecule has 3 aliphatic heterocycles. The zero-order chi connectivity index (χ0) is 14.7. The van der Waals surface area contributed by atoms with Crippen molar-refractivity contribution < 1.29 is 14.3 Å². The van der Waals surface area contributed by atoms with E-state index in [1.807, 2.05) is 9.80 Å². The van der Waals surface area contributed by atoms with E-state index in [0.29, 0.717) is 19.5 Å². The van der Waals surface area contributed by atoms with Crippen LogP contribution in [-0.2, 0) is 9.53 Å². The van der Waals surface area contributed by atoms with E-state index in [0.717, 1.165) is 51.8 Å². The van der Waals surface area contributed by atoms with Crippen LogP contribution in [0, 0.1) is 0 Å². The fraction of sp³-hybridized carbons (Fsp3) is 0.867. The summed E-state index contributed by atoms with van der Waals surface area (Å²) in [5, 5.41) is 2.98. The Morgan fingerprint density at radius 2 is 2.14 bits per heavy atom. The summed E-state index contributed by atoms with van der Waals surface area (Å²) in [5.74, 6) is 0.251. The van der Waals surface area contributed by atoms with E-state index in [1.54, 1.807) is 0 Å². The Bertz CT molecular complexity index is 396. The van der Waals surface area contributed by atoms with Crippen LogP contribution in [0.2, 0.25) is 0 Å². The average Bonchev–Trinajstić information content (AvgIpc) is 3.16. The van der Waals surface area contributed by atoms with Crippen molar-refractivity contribution in [3.63, 3.8) is 0 Å². The molecular formula is C15H25N3O3. The second kappa shape index (κ2) is 6.64. The molecule has 0 aromatic rings. The van der Waals surface area contributed by atoms with Crippen LogP contribution in [0.25, 0.3) is 0 Å². The molecule has 0 saturated carbocycles. The van der Waals surface area contributed by atoms with Gasteiger partial charge in [0.2, 0.25) is 5.91 Å². The summed E-state index contributed by atoms with van der Waals surface area (Å²) < 4.78 is 5.52. The van der Waals surface area contributed by atoms with E-state index >= 15 is 0 Å². The molecule has 3 heterocycles. The summed E-state index contributed by atoms with van der Waals surface area (Å²) in [7, 11) is 0. The van der Waals surface area contributed by atoms with E-state index in [1.165, 1.54) is 0 Å². The molecule has 0 aromatic carbocycles. The lowest BCUT2D eigenvalue weighted by atomic mass is 10.0. The topological polar surface area (TPSA) is 61.9 Å². The van der Waals surface area contributed by atoms with Crippen LogP contribution < -0.4 is 5.32 Å². The highest BCUT2D eigenvalue weighted by Crippen LogP contribution is 2.21. The molecule has 0 spiro atoms. The first-order valence-corrected chi connectivity index (χ1v) is 8.18. The van der Waals surface area contributed by atoms with Crippen molar-refractivity contribution in [3.05, 3.63) is 0 Å². The number of carbonyl (C=O) groups is 2. The number of nitrogens with one attached hydrogen (secondary N) is 1. The summed E-state index contributed by atoms with van der Waals surface area (Å²) in [6.45, 7) is 3.72. The molecule has 3 fully saturated rings. The van der Waals surface area contributed by atoms with Gasteiger partial charge in [-0.2, -0.15) is 0 Å². The number of hydrogen-bond donors (Lipinski definition) is 1. The Morgan fingerprint density at radius 1 is 1.24 bits per heavy atom. The van der Waals surface area contributed by atoms with Gasteiger partial charge in [-0.05, 0) is 32.1 Å². The Balaban J connectivity index is 1.48. The summed E-state index contributed by atoms with van der Waals surface area (Å²) in [6, 6.07) is 0.198. The van der Waals surface area contributed by atoms with Crippen LogP contribution in [0.1, 0.15) is 38.5 Å². The summed E-state index contributed by atoms with van der Waals surface area (Å²) >= 11 is 0. The SMILES string of the molecule is O=C(NC[C@@H]1CCCO1)N1CCC[C@H](N2CCCC2=O)C1. The number of nitrogens with zero attached hydrogens (tertiary/aromatic N) is 2. The van der Waals surface area contributed by atoms with Crippen molar-refractivity contribution in [1.29, 1.82) is 0 Å². The van der Waals surface area contributed by atoms with Crippen LogP contribution in [0.15, 0.2) is 0 Å². The first-order chi connectivity index (χ1) is 10.2. The van der Waals surface area contributed by atoms with Gasteiger partial charge in [0.1, 0.15) is 0 Å². The van der Waals surface area contributed by atoms with Gasteiger partial charge in [-0.1, -0.05) is 0 Å². The lowest BCUT2D eigenvalue weighted by molar-refractivity contribution is -0.130. The lowest BCUT2D eigenvalue weighted by Crippen LogP contribution is -2.53. The second-order valence-electron chi connectivity index (χ2n) is 6.25. The standard InChI is InChI=1S/C15H25N3O3/c19-14-6-2-8-18(14)12-4-1-7-17(11-12)15(20)16-10-13-5-3-9-21-13/h12-13H,1-11H2,(H,16,20)/t12-,13-/m0/s1. The minimum atomic E-state index is -0.0122. The molecule has 118 valence electrons. The molecule has 3 amide bonds. The molecule has 0 radical (unpaired) electrons. The van der Waals surface area contributed by atoms with E-state index in [2.05, 4.69) is 5.32 Å². The van der Waals surface area contributed by atoms with Crippen molar-refractivity contribution in [1.82, 2.24) is 15.1 Å². The molecule has 0 bridgehead atoms. The predicted molar refractivity (Wildman–Crippen MR) is 77.9 cm³/mol. The van der Waals surface area contributed by atoms with Crippen molar-refractivity contribution in [3.8, 4) is 0 Å². The van der Waals surface area contributed by atoms with E-state index in [-0.39, 0.29) is 24.1 Å². The van der Waals surface area contributed by atoms with Gasteiger partial charge in [-0.15, -0.1) is 0 Å². The number of likely N-dealkylation sites (tertiary alicyclic amines) is 2. The Labute approximate surface area is 125 Å². The number of piperidine rings is 1. The van der Waals surface area contributed by atoms with E-state index < -0.39 is 0 Å². The van der Waals surface area contributed by atoms with Crippen molar-refractivity contribution in [2.24, 2.45) is 0 Å². The molecule has 0 unspecified atom stereocenters. The highest BCUT2D eigenvalue weighted by atomic mass is 16.5. The molecular weight excluding hydrogens is 270 g/mol. The Morgan fingerprint density at radius 3 is 2.86 bits per heavy atom. The van der Waals surface area contributed by atoms with Gasteiger partial charge in [0.25, 0.3) is 0 Å². The van der Waals surface area contributed by atoms with Gasteiger partial charge in [-0.3, -0.25) is 4.79 Å². The maximum Gasteiger partial charge on any atom is 0.317 e. The third-order valence-corrected chi connectivity index (χ3v) is 4.74. The number of rotatable bonds is 3. The van der Waals surface area contributed by atoms with Crippen LogP contribution >= 0.6 is 0 Å². The molecule has 2 atom stereocenters. The molecule has 3 rings (SSSR count). The molecule has 3 saturated heterocycles. The van der Waals surface area contributed by atoms with Crippen molar-refractivity contribution in [2.45, 2.75) is 50.7 Å². The average molecular weight is 295 g/mol. The van der Waals surface area contributed by atoms with Gasteiger partial charge in [-0.25, -0.2) is 4.79 Å². The summed E-state index contributed by atoms with van der Waals surface area (Å²) in [5.41, 5.74) is 0. The molecule has 0 aliphatic carbocycles. The van der Waals surface area contributed by atoms with Crippen molar-refractivity contribution in [2.75, 3.05) is 32.8 Å². The van der Waals surface area contributed by atoms with Crippen molar-refractivity contribution >= 4 is 11.9 Å². The quantitative estimate of drug-likeness (QED) is 0.843. The third kappa shape index (κ3) is 3.48. The van der Waals surface area contributed by atoms with Gasteiger partial charge in [0.15, 0.2) is 0 Å². The van der Waals surface area contributed by atoms with Crippen LogP contribution in [0.3, 0.4) is 0 Å². The van der Waals surface area contributed by atoms with Crippen LogP contribution in [0.4, 0.5) is 4.79 Å². The van der Waals surface area contributed by atoms with Gasteiger partial charge in [0.05, 0.1) is 6.10 Å². The Hall–Kier alpha value is -1.30. The maximum absolute atomic E-state index is 12.3. The minimum Gasteiger partial charge on any atom is -0.376 e. The number of amides is 3. The van der Waals surface area contributed by atoms with Crippen LogP contribution in [0.5, 0.6) is 0 Å².